The predicted octanol–water partition coefficient (Wildman–Crippen LogP) is 1.70. The number of aliphatic hydroxyl groups excluding tert-OH is 1. The topological polar surface area (TPSA) is 68.2 Å². The van der Waals surface area contributed by atoms with E-state index in [1.54, 1.807) is 17.0 Å². The number of rotatable bonds is 4. The number of likely N-dealkylation sites (tertiary alicyclic amines) is 1. The highest BCUT2D eigenvalue weighted by atomic mass is 16.5. The molecular weight excluding hydrogens is 286 g/mol. The zero-order valence-corrected chi connectivity index (χ0v) is 13.7. The third kappa shape index (κ3) is 2.59. The van der Waals surface area contributed by atoms with Gasteiger partial charge in [-0.1, -0.05) is 0 Å². The highest BCUT2D eigenvalue weighted by molar-refractivity contribution is 5.96. The maximum absolute atomic E-state index is 12.8. The van der Waals surface area contributed by atoms with E-state index in [9.17, 15) is 9.90 Å². The van der Waals surface area contributed by atoms with Crippen molar-refractivity contribution in [2.75, 3.05) is 27.9 Å². The zero-order valence-electron chi connectivity index (χ0n) is 13.7. The van der Waals surface area contributed by atoms with Gasteiger partial charge in [-0.3, -0.25) is 4.79 Å². The summed E-state index contributed by atoms with van der Waals surface area (Å²) in [7, 11) is 4.53. The van der Waals surface area contributed by atoms with Crippen molar-refractivity contribution < 1.29 is 24.1 Å². The lowest BCUT2D eigenvalue weighted by atomic mass is 9.98. The number of hydrogen-bond donors (Lipinski definition) is 1. The van der Waals surface area contributed by atoms with Crippen molar-refractivity contribution in [3.05, 3.63) is 17.7 Å². The third-order valence-corrected chi connectivity index (χ3v) is 4.29. The van der Waals surface area contributed by atoms with Crippen LogP contribution in [0.1, 0.15) is 30.6 Å². The number of hydrogen-bond acceptors (Lipinski definition) is 5. The highest BCUT2D eigenvalue weighted by Gasteiger charge is 2.43. The minimum Gasteiger partial charge on any atom is -0.493 e. The molecule has 6 heteroatoms. The van der Waals surface area contributed by atoms with Crippen molar-refractivity contribution in [3.63, 3.8) is 0 Å². The normalized spacial score (nSPS) is 19.9. The second-order valence-electron chi connectivity index (χ2n) is 5.83. The van der Waals surface area contributed by atoms with E-state index >= 15 is 0 Å². The molecule has 1 unspecified atom stereocenters. The van der Waals surface area contributed by atoms with Crippen LogP contribution in [0.3, 0.4) is 0 Å². The maximum atomic E-state index is 12.8. The molecule has 0 spiro atoms. The number of benzene rings is 1. The van der Waals surface area contributed by atoms with Crippen molar-refractivity contribution in [1.82, 2.24) is 4.90 Å². The van der Waals surface area contributed by atoms with Crippen LogP contribution < -0.4 is 14.2 Å². The summed E-state index contributed by atoms with van der Waals surface area (Å²) in [6.07, 6.45) is 0.0434. The molecule has 1 aromatic rings. The summed E-state index contributed by atoms with van der Waals surface area (Å²) < 4.78 is 15.8. The Balaban J connectivity index is 2.42. The molecule has 1 aliphatic heterocycles. The first-order valence-electron chi connectivity index (χ1n) is 7.16. The first-order chi connectivity index (χ1) is 10.4. The Hall–Kier alpha value is -1.95. The number of aliphatic hydroxyl groups is 1. The average molecular weight is 309 g/mol. The molecular formula is C16H23NO5. The summed E-state index contributed by atoms with van der Waals surface area (Å²) in [6.45, 7) is 4.24. The lowest BCUT2D eigenvalue weighted by Gasteiger charge is -2.34. The summed E-state index contributed by atoms with van der Waals surface area (Å²) in [4.78, 5) is 14.5. The fourth-order valence-corrected chi connectivity index (χ4v) is 2.80. The van der Waals surface area contributed by atoms with Gasteiger partial charge < -0.3 is 24.2 Å². The summed E-state index contributed by atoms with van der Waals surface area (Å²) in [5, 5.41) is 10.0. The van der Waals surface area contributed by atoms with Crippen LogP contribution in [0.5, 0.6) is 17.2 Å². The Morgan fingerprint density at radius 2 is 1.73 bits per heavy atom. The van der Waals surface area contributed by atoms with Crippen molar-refractivity contribution in [1.29, 1.82) is 0 Å². The van der Waals surface area contributed by atoms with Crippen LogP contribution in [0.4, 0.5) is 0 Å². The molecule has 1 fully saturated rings. The largest absolute Gasteiger partial charge is 0.493 e. The molecule has 1 aromatic carbocycles. The molecule has 1 saturated heterocycles. The van der Waals surface area contributed by atoms with Crippen LogP contribution in [0.2, 0.25) is 0 Å². The van der Waals surface area contributed by atoms with E-state index in [1.165, 1.54) is 21.3 Å². The van der Waals surface area contributed by atoms with Gasteiger partial charge in [0.15, 0.2) is 11.5 Å². The van der Waals surface area contributed by atoms with Gasteiger partial charge in [0.25, 0.3) is 5.91 Å². The van der Waals surface area contributed by atoms with Crippen LogP contribution in [-0.2, 0) is 0 Å². The minimum atomic E-state index is -0.600. The molecule has 0 radical (unpaired) electrons. The van der Waals surface area contributed by atoms with E-state index in [-0.39, 0.29) is 5.91 Å². The summed E-state index contributed by atoms with van der Waals surface area (Å²) in [5.41, 5.74) is -0.158. The Morgan fingerprint density at radius 1 is 1.18 bits per heavy atom. The molecule has 0 saturated carbocycles. The SMILES string of the molecule is COc1cc(C(=O)N2CCC(O)C2(C)C)cc(OC)c1OC. The quantitative estimate of drug-likeness (QED) is 0.917. The summed E-state index contributed by atoms with van der Waals surface area (Å²) in [6, 6.07) is 3.26. The molecule has 6 nitrogen and oxygen atoms in total. The molecule has 0 aliphatic carbocycles. The van der Waals surface area contributed by atoms with Crippen molar-refractivity contribution in [2.45, 2.75) is 31.9 Å². The lowest BCUT2D eigenvalue weighted by Crippen LogP contribution is -2.48. The molecule has 1 heterocycles. The van der Waals surface area contributed by atoms with Gasteiger partial charge in [-0.15, -0.1) is 0 Å². The fourth-order valence-electron chi connectivity index (χ4n) is 2.80. The zero-order chi connectivity index (χ0) is 16.5. The van der Waals surface area contributed by atoms with E-state index in [1.807, 2.05) is 13.8 Å². The monoisotopic (exact) mass is 309 g/mol. The average Bonchev–Trinajstić information content (AvgIpc) is 2.78. The standard InChI is InChI=1S/C16H23NO5/c1-16(2)13(18)6-7-17(16)15(19)10-8-11(20-3)14(22-5)12(9-10)21-4/h8-9,13,18H,6-7H2,1-5H3. The van der Waals surface area contributed by atoms with Crippen LogP contribution in [-0.4, -0.2) is 55.4 Å². The van der Waals surface area contributed by atoms with Gasteiger partial charge in [-0.25, -0.2) is 0 Å². The Kier molecular flexibility index (Phi) is 4.51. The van der Waals surface area contributed by atoms with Gasteiger partial charge in [0.2, 0.25) is 5.75 Å². The highest BCUT2D eigenvalue weighted by Crippen LogP contribution is 2.39. The number of carbonyl (C=O) groups excluding carboxylic acids is 1. The van der Waals surface area contributed by atoms with E-state index in [0.29, 0.717) is 35.8 Å². The van der Waals surface area contributed by atoms with E-state index in [4.69, 9.17) is 14.2 Å². The third-order valence-electron chi connectivity index (χ3n) is 4.29. The molecule has 2 rings (SSSR count). The smallest absolute Gasteiger partial charge is 0.254 e. The lowest BCUT2D eigenvalue weighted by molar-refractivity contribution is 0.0394. The van der Waals surface area contributed by atoms with E-state index in [2.05, 4.69) is 0 Å². The van der Waals surface area contributed by atoms with Crippen LogP contribution in [0.15, 0.2) is 12.1 Å². The van der Waals surface area contributed by atoms with E-state index < -0.39 is 11.6 Å². The number of nitrogens with zero attached hydrogens (tertiary/aromatic N) is 1. The first kappa shape index (κ1) is 16.4. The van der Waals surface area contributed by atoms with Crippen LogP contribution in [0.25, 0.3) is 0 Å². The molecule has 22 heavy (non-hydrogen) atoms. The minimum absolute atomic E-state index is 0.166. The first-order valence-corrected chi connectivity index (χ1v) is 7.16. The van der Waals surface area contributed by atoms with Gasteiger partial charge in [-0.2, -0.15) is 0 Å². The van der Waals surface area contributed by atoms with Gasteiger partial charge >= 0.3 is 0 Å². The Labute approximate surface area is 130 Å². The van der Waals surface area contributed by atoms with Gasteiger partial charge in [0.05, 0.1) is 33.0 Å². The second-order valence-corrected chi connectivity index (χ2v) is 5.83. The van der Waals surface area contributed by atoms with Crippen LogP contribution >= 0.6 is 0 Å². The molecule has 1 amide bonds. The van der Waals surface area contributed by atoms with E-state index in [0.717, 1.165) is 0 Å². The molecule has 1 aliphatic rings. The summed E-state index contributed by atoms with van der Waals surface area (Å²) >= 11 is 0. The maximum Gasteiger partial charge on any atom is 0.254 e. The van der Waals surface area contributed by atoms with Crippen molar-refractivity contribution in [3.8, 4) is 17.2 Å². The predicted molar refractivity (Wildman–Crippen MR) is 81.8 cm³/mol. The Morgan fingerprint density at radius 3 is 2.09 bits per heavy atom. The van der Waals surface area contributed by atoms with Gasteiger partial charge in [0, 0.05) is 12.1 Å². The number of ether oxygens (including phenoxy) is 3. The summed E-state index contributed by atoms with van der Waals surface area (Å²) in [5.74, 6) is 1.15. The van der Waals surface area contributed by atoms with Crippen LogP contribution in [0, 0.1) is 0 Å². The number of amides is 1. The van der Waals surface area contributed by atoms with Gasteiger partial charge in [-0.05, 0) is 32.4 Å². The van der Waals surface area contributed by atoms with Crippen molar-refractivity contribution >= 4 is 5.91 Å². The second kappa shape index (κ2) is 6.04. The molecule has 1 atom stereocenters. The Bertz CT molecular complexity index is 545. The molecule has 1 N–H and O–H groups in total. The number of methoxy groups -OCH3 is 3. The molecule has 0 bridgehead atoms. The van der Waals surface area contributed by atoms with Crippen molar-refractivity contribution in [2.24, 2.45) is 0 Å². The number of carbonyl (C=O) groups is 1. The molecule has 0 aromatic heterocycles. The fraction of sp³-hybridized carbons (Fsp3) is 0.562. The van der Waals surface area contributed by atoms with Gasteiger partial charge in [0.1, 0.15) is 0 Å². The molecule has 122 valence electrons.